The lowest BCUT2D eigenvalue weighted by Gasteiger charge is -2.28. The molecular formula is C25H17BrO. The van der Waals surface area contributed by atoms with E-state index in [1.165, 1.54) is 16.5 Å². The van der Waals surface area contributed by atoms with Gasteiger partial charge in [-0.2, -0.15) is 0 Å². The smallest absolute Gasteiger partial charge is 0.143 e. The minimum atomic E-state index is -0.119. The van der Waals surface area contributed by atoms with E-state index in [-0.39, 0.29) is 6.10 Å². The number of ether oxygens (including phenoxy) is 1. The highest BCUT2D eigenvalue weighted by Crippen LogP contribution is 2.45. The Morgan fingerprint density at radius 2 is 1.41 bits per heavy atom. The van der Waals surface area contributed by atoms with Gasteiger partial charge in [-0.3, -0.25) is 0 Å². The van der Waals surface area contributed by atoms with E-state index in [2.05, 4.69) is 101 Å². The van der Waals surface area contributed by atoms with Crippen molar-refractivity contribution in [2.75, 3.05) is 0 Å². The maximum atomic E-state index is 6.53. The molecule has 1 unspecified atom stereocenters. The Hall–Kier alpha value is -2.84. The van der Waals surface area contributed by atoms with Crippen LogP contribution in [0.25, 0.3) is 16.3 Å². The van der Waals surface area contributed by atoms with E-state index in [4.69, 9.17) is 4.74 Å². The molecule has 0 saturated carbocycles. The largest absolute Gasteiger partial charge is 0.480 e. The molecule has 130 valence electrons. The van der Waals surface area contributed by atoms with Crippen molar-refractivity contribution in [3.05, 3.63) is 118 Å². The lowest BCUT2D eigenvalue weighted by atomic mass is 9.90. The molecule has 0 aromatic heterocycles. The van der Waals surface area contributed by atoms with E-state index in [1.54, 1.807) is 0 Å². The molecule has 0 saturated heterocycles. The summed E-state index contributed by atoms with van der Waals surface area (Å²) in [6, 6.07) is 31.5. The van der Waals surface area contributed by atoms with E-state index < -0.39 is 0 Å². The molecule has 0 spiro atoms. The molecule has 4 aromatic carbocycles. The molecule has 4 aromatic rings. The predicted molar refractivity (Wildman–Crippen MR) is 115 cm³/mol. The number of rotatable bonds is 2. The molecular weight excluding hydrogens is 396 g/mol. The van der Waals surface area contributed by atoms with Crippen LogP contribution in [0.4, 0.5) is 0 Å². The third kappa shape index (κ3) is 2.87. The quantitative estimate of drug-likeness (QED) is 0.339. The van der Waals surface area contributed by atoms with Gasteiger partial charge in [-0.15, -0.1) is 0 Å². The Labute approximate surface area is 167 Å². The van der Waals surface area contributed by atoms with Crippen LogP contribution >= 0.6 is 15.9 Å². The molecule has 1 aliphatic rings. The lowest BCUT2D eigenvalue weighted by molar-refractivity contribution is 0.254. The summed E-state index contributed by atoms with van der Waals surface area (Å²) in [6.45, 7) is 0. The molecule has 27 heavy (non-hydrogen) atoms. The Kier molecular flexibility index (Phi) is 4.06. The number of fused-ring (bicyclic) bond motifs is 3. The third-order valence-electron chi connectivity index (χ3n) is 5.02. The van der Waals surface area contributed by atoms with Gasteiger partial charge in [0.2, 0.25) is 0 Å². The summed E-state index contributed by atoms with van der Waals surface area (Å²) in [6.07, 6.45) is 2.11. The maximum absolute atomic E-state index is 6.53. The molecule has 1 atom stereocenters. The van der Waals surface area contributed by atoms with Crippen LogP contribution in [-0.2, 0) is 0 Å². The molecule has 1 nitrogen and oxygen atoms in total. The molecule has 0 radical (unpaired) electrons. The summed E-state index contributed by atoms with van der Waals surface area (Å²) in [5, 5.41) is 2.34. The SMILES string of the molecule is Brc1ccccc1C1=CC(c2ccccc2)Oc2c1ccc1ccccc21. The van der Waals surface area contributed by atoms with Gasteiger partial charge in [-0.1, -0.05) is 94.8 Å². The van der Waals surface area contributed by atoms with Crippen LogP contribution in [0.1, 0.15) is 22.8 Å². The van der Waals surface area contributed by atoms with E-state index in [1.807, 2.05) is 12.1 Å². The first-order chi connectivity index (χ1) is 13.3. The molecule has 0 aliphatic carbocycles. The molecule has 0 bridgehead atoms. The third-order valence-corrected chi connectivity index (χ3v) is 5.72. The second-order valence-electron chi connectivity index (χ2n) is 6.67. The standard InChI is InChI=1S/C25H17BrO/c26-23-13-7-6-12-20(23)22-16-24(18-9-2-1-3-10-18)27-25-19-11-5-4-8-17(19)14-15-21(22)25/h1-16,24H. The molecule has 2 heteroatoms. The number of halogens is 1. The minimum absolute atomic E-state index is 0.119. The highest BCUT2D eigenvalue weighted by molar-refractivity contribution is 9.10. The van der Waals surface area contributed by atoms with Crippen LogP contribution in [0.3, 0.4) is 0 Å². The van der Waals surface area contributed by atoms with Crippen LogP contribution in [0.5, 0.6) is 5.75 Å². The van der Waals surface area contributed by atoms with Crippen molar-refractivity contribution in [1.29, 1.82) is 0 Å². The van der Waals surface area contributed by atoms with Gasteiger partial charge in [0, 0.05) is 15.4 Å². The summed E-state index contributed by atoms with van der Waals surface area (Å²) < 4.78 is 7.62. The molecule has 0 N–H and O–H groups in total. The van der Waals surface area contributed by atoms with E-state index in [0.29, 0.717) is 0 Å². The van der Waals surface area contributed by atoms with E-state index in [9.17, 15) is 0 Å². The maximum Gasteiger partial charge on any atom is 0.143 e. The van der Waals surface area contributed by atoms with Crippen molar-refractivity contribution >= 4 is 32.3 Å². The van der Waals surface area contributed by atoms with Gasteiger partial charge in [0.25, 0.3) is 0 Å². The Morgan fingerprint density at radius 3 is 2.26 bits per heavy atom. The highest BCUT2D eigenvalue weighted by atomic mass is 79.9. The van der Waals surface area contributed by atoms with Crippen LogP contribution in [-0.4, -0.2) is 0 Å². The van der Waals surface area contributed by atoms with Crippen LogP contribution in [0.15, 0.2) is 102 Å². The van der Waals surface area contributed by atoms with Gasteiger partial charge < -0.3 is 4.74 Å². The van der Waals surface area contributed by atoms with Crippen LogP contribution in [0, 0.1) is 0 Å². The first-order valence-corrected chi connectivity index (χ1v) is 9.81. The second kappa shape index (κ2) is 6.71. The Bertz CT molecular complexity index is 1160. The van der Waals surface area contributed by atoms with Gasteiger partial charge in [-0.25, -0.2) is 0 Å². The van der Waals surface area contributed by atoms with Crippen molar-refractivity contribution in [2.24, 2.45) is 0 Å². The molecule has 1 aliphatic heterocycles. The topological polar surface area (TPSA) is 9.23 Å². The molecule has 0 amide bonds. The number of hydrogen-bond acceptors (Lipinski definition) is 1. The summed E-state index contributed by atoms with van der Waals surface area (Å²) in [7, 11) is 0. The first kappa shape index (κ1) is 16.3. The van der Waals surface area contributed by atoms with Crippen molar-refractivity contribution in [3.63, 3.8) is 0 Å². The van der Waals surface area contributed by atoms with Crippen molar-refractivity contribution < 1.29 is 4.74 Å². The molecule has 5 rings (SSSR count). The fraction of sp³-hybridized carbons (Fsp3) is 0.0400. The summed E-state index contributed by atoms with van der Waals surface area (Å²) in [4.78, 5) is 0. The average Bonchev–Trinajstić information content (AvgIpc) is 2.74. The van der Waals surface area contributed by atoms with E-state index in [0.717, 1.165) is 26.7 Å². The highest BCUT2D eigenvalue weighted by Gasteiger charge is 2.25. The normalized spacial score (nSPS) is 15.7. The van der Waals surface area contributed by atoms with Crippen molar-refractivity contribution in [3.8, 4) is 5.75 Å². The zero-order valence-electron chi connectivity index (χ0n) is 14.6. The van der Waals surface area contributed by atoms with Gasteiger partial charge in [0.15, 0.2) is 0 Å². The van der Waals surface area contributed by atoms with E-state index >= 15 is 0 Å². The van der Waals surface area contributed by atoms with Crippen LogP contribution < -0.4 is 4.74 Å². The fourth-order valence-electron chi connectivity index (χ4n) is 3.71. The lowest BCUT2D eigenvalue weighted by Crippen LogP contribution is -2.12. The average molecular weight is 413 g/mol. The molecule has 0 fully saturated rings. The second-order valence-corrected chi connectivity index (χ2v) is 7.53. The van der Waals surface area contributed by atoms with Crippen molar-refractivity contribution in [2.45, 2.75) is 6.10 Å². The summed E-state index contributed by atoms with van der Waals surface area (Å²) in [5.41, 5.74) is 4.66. The zero-order valence-corrected chi connectivity index (χ0v) is 16.2. The van der Waals surface area contributed by atoms with Gasteiger partial charge >= 0.3 is 0 Å². The summed E-state index contributed by atoms with van der Waals surface area (Å²) >= 11 is 3.73. The van der Waals surface area contributed by atoms with Gasteiger partial charge in [0.1, 0.15) is 11.9 Å². The predicted octanol–water partition coefficient (Wildman–Crippen LogP) is 7.17. The summed E-state index contributed by atoms with van der Waals surface area (Å²) in [5.74, 6) is 0.954. The Balaban J connectivity index is 1.78. The minimum Gasteiger partial charge on any atom is -0.480 e. The van der Waals surface area contributed by atoms with Crippen molar-refractivity contribution in [1.82, 2.24) is 0 Å². The fourth-order valence-corrected chi connectivity index (χ4v) is 4.20. The van der Waals surface area contributed by atoms with Gasteiger partial charge in [-0.05, 0) is 40.3 Å². The first-order valence-electron chi connectivity index (χ1n) is 9.02. The number of benzene rings is 4. The zero-order chi connectivity index (χ0) is 18.2. The van der Waals surface area contributed by atoms with Crippen LogP contribution in [0.2, 0.25) is 0 Å². The van der Waals surface area contributed by atoms with Gasteiger partial charge in [0.05, 0.1) is 0 Å². The Morgan fingerprint density at radius 1 is 0.667 bits per heavy atom. The molecule has 1 heterocycles. The monoisotopic (exact) mass is 412 g/mol. The number of hydrogen-bond donors (Lipinski definition) is 0.